The van der Waals surface area contributed by atoms with Gasteiger partial charge in [-0.1, -0.05) is 0 Å². The summed E-state index contributed by atoms with van der Waals surface area (Å²) in [5.74, 6) is 0.733. The number of nitrogens with one attached hydrogen (secondary N) is 1. The lowest BCUT2D eigenvalue weighted by molar-refractivity contribution is 0.568. The van der Waals surface area contributed by atoms with E-state index in [9.17, 15) is 0 Å². The molecule has 0 aromatic carbocycles. The summed E-state index contributed by atoms with van der Waals surface area (Å²) in [6, 6.07) is 0.268. The molecular weight excluding hydrogens is 262 g/mol. The van der Waals surface area contributed by atoms with Gasteiger partial charge < -0.3 is 5.32 Å². The third-order valence-electron chi connectivity index (χ3n) is 4.58. The van der Waals surface area contributed by atoms with Crippen molar-refractivity contribution in [1.82, 2.24) is 19.7 Å². The average Bonchev–Trinajstić information content (AvgIpc) is 2.72. The van der Waals surface area contributed by atoms with E-state index in [1.54, 1.807) is 0 Å². The minimum absolute atomic E-state index is 0.268. The van der Waals surface area contributed by atoms with Gasteiger partial charge in [0.1, 0.15) is 0 Å². The Morgan fingerprint density at radius 2 is 1.71 bits per heavy atom. The van der Waals surface area contributed by atoms with Crippen LogP contribution in [0.5, 0.6) is 0 Å². The summed E-state index contributed by atoms with van der Waals surface area (Å²) in [6.45, 7) is 8.23. The van der Waals surface area contributed by atoms with E-state index in [0.717, 1.165) is 35.9 Å². The van der Waals surface area contributed by atoms with Crippen LogP contribution in [0.15, 0.2) is 0 Å². The van der Waals surface area contributed by atoms with Crippen LogP contribution >= 0.6 is 0 Å². The highest BCUT2D eigenvalue weighted by Gasteiger charge is 2.26. The fraction of sp³-hybridized carbons (Fsp3) is 0.562. The maximum absolute atomic E-state index is 4.59. The van der Waals surface area contributed by atoms with E-state index in [0.29, 0.717) is 0 Å². The van der Waals surface area contributed by atoms with Crippen molar-refractivity contribution >= 4 is 5.95 Å². The van der Waals surface area contributed by atoms with Gasteiger partial charge in [0.05, 0.1) is 11.7 Å². The van der Waals surface area contributed by atoms with E-state index >= 15 is 0 Å². The van der Waals surface area contributed by atoms with Gasteiger partial charge in [0.15, 0.2) is 0 Å². The molecule has 0 radical (unpaired) electrons. The maximum atomic E-state index is 4.59. The first-order valence-corrected chi connectivity index (χ1v) is 7.58. The van der Waals surface area contributed by atoms with Crippen LogP contribution in [0.25, 0.3) is 0 Å². The minimum Gasteiger partial charge on any atom is -0.347 e. The second-order valence-electron chi connectivity index (χ2n) is 6.00. The topological polar surface area (TPSA) is 55.6 Å². The van der Waals surface area contributed by atoms with E-state index in [1.807, 2.05) is 25.6 Å². The van der Waals surface area contributed by atoms with Crippen molar-refractivity contribution in [2.24, 2.45) is 7.05 Å². The molecule has 2 aromatic rings. The Kier molecular flexibility index (Phi) is 3.43. The van der Waals surface area contributed by atoms with Gasteiger partial charge in [0.25, 0.3) is 0 Å². The predicted octanol–water partition coefficient (Wildman–Crippen LogP) is 2.93. The second-order valence-corrected chi connectivity index (χ2v) is 6.00. The Morgan fingerprint density at radius 1 is 1.05 bits per heavy atom. The lowest BCUT2D eigenvalue weighted by atomic mass is 9.91. The first-order chi connectivity index (χ1) is 9.97. The summed E-state index contributed by atoms with van der Waals surface area (Å²) >= 11 is 0. The number of anilines is 1. The molecule has 3 rings (SSSR count). The number of aryl methyl sites for hydroxylation is 4. The molecule has 0 amide bonds. The molecule has 5 heteroatoms. The van der Waals surface area contributed by atoms with Gasteiger partial charge >= 0.3 is 0 Å². The summed E-state index contributed by atoms with van der Waals surface area (Å²) in [5.41, 5.74) is 7.06. The molecule has 1 aliphatic rings. The number of nitrogens with zero attached hydrogens (tertiary/aromatic N) is 4. The largest absolute Gasteiger partial charge is 0.347 e. The summed E-state index contributed by atoms with van der Waals surface area (Å²) in [5, 5.41) is 8.09. The van der Waals surface area contributed by atoms with E-state index in [4.69, 9.17) is 0 Å². The zero-order valence-electron chi connectivity index (χ0n) is 13.5. The summed E-state index contributed by atoms with van der Waals surface area (Å²) in [6.07, 6.45) is 3.39. The number of rotatable bonds is 2. The van der Waals surface area contributed by atoms with Crippen LogP contribution in [0, 0.1) is 27.7 Å². The molecule has 2 aromatic heterocycles. The Bertz CT molecular complexity index is 663. The van der Waals surface area contributed by atoms with Crippen molar-refractivity contribution in [2.75, 3.05) is 5.32 Å². The molecule has 0 bridgehead atoms. The zero-order valence-corrected chi connectivity index (χ0v) is 13.5. The molecule has 1 unspecified atom stereocenters. The van der Waals surface area contributed by atoms with Gasteiger partial charge in [0, 0.05) is 29.7 Å². The van der Waals surface area contributed by atoms with Gasteiger partial charge in [-0.15, -0.1) is 0 Å². The smallest absolute Gasteiger partial charge is 0.223 e. The van der Waals surface area contributed by atoms with Crippen molar-refractivity contribution in [2.45, 2.75) is 53.0 Å². The first-order valence-electron chi connectivity index (χ1n) is 7.58. The highest BCUT2D eigenvalue weighted by atomic mass is 15.3. The number of fused-ring (bicyclic) bond motifs is 1. The lowest BCUT2D eigenvalue weighted by Crippen LogP contribution is -2.20. The predicted molar refractivity (Wildman–Crippen MR) is 83.5 cm³/mol. The number of hydrogen-bond acceptors (Lipinski definition) is 4. The molecule has 1 atom stereocenters. The van der Waals surface area contributed by atoms with Crippen LogP contribution in [0.1, 0.15) is 52.8 Å². The van der Waals surface area contributed by atoms with E-state index < -0.39 is 0 Å². The molecular formula is C16H23N5. The van der Waals surface area contributed by atoms with Gasteiger partial charge in [0.2, 0.25) is 5.95 Å². The fourth-order valence-electron chi connectivity index (χ4n) is 3.23. The second kappa shape index (κ2) is 5.13. The van der Waals surface area contributed by atoms with Crippen molar-refractivity contribution < 1.29 is 0 Å². The van der Waals surface area contributed by atoms with Crippen molar-refractivity contribution in [3.63, 3.8) is 0 Å². The zero-order chi connectivity index (χ0) is 15.1. The fourth-order valence-corrected chi connectivity index (χ4v) is 3.23. The molecule has 0 fully saturated rings. The van der Waals surface area contributed by atoms with E-state index in [-0.39, 0.29) is 6.04 Å². The van der Waals surface area contributed by atoms with Crippen LogP contribution < -0.4 is 5.32 Å². The van der Waals surface area contributed by atoms with Gasteiger partial charge in [-0.3, -0.25) is 4.68 Å². The molecule has 0 aliphatic heterocycles. The maximum Gasteiger partial charge on any atom is 0.223 e. The average molecular weight is 285 g/mol. The Hall–Kier alpha value is -1.91. The van der Waals surface area contributed by atoms with Crippen LogP contribution in [-0.4, -0.2) is 19.7 Å². The summed E-state index contributed by atoms with van der Waals surface area (Å²) in [7, 11) is 2.03. The van der Waals surface area contributed by atoms with Gasteiger partial charge in [-0.25, -0.2) is 9.97 Å². The standard InChI is InChI=1S/C16H23N5/c1-9-10(2)17-16(18-11(9)3)19-13-7-6-8-14-15(13)12(4)20-21(14)5/h13H,6-8H2,1-5H3,(H,17,18,19). The van der Waals surface area contributed by atoms with E-state index in [2.05, 4.69) is 34.2 Å². The Balaban J connectivity index is 1.94. The van der Waals surface area contributed by atoms with Crippen LogP contribution in [-0.2, 0) is 13.5 Å². The highest BCUT2D eigenvalue weighted by molar-refractivity contribution is 5.40. The Morgan fingerprint density at radius 3 is 2.38 bits per heavy atom. The van der Waals surface area contributed by atoms with Crippen LogP contribution in [0.2, 0.25) is 0 Å². The van der Waals surface area contributed by atoms with Crippen molar-refractivity contribution in [1.29, 1.82) is 0 Å². The minimum atomic E-state index is 0.268. The highest BCUT2D eigenvalue weighted by Crippen LogP contribution is 2.33. The van der Waals surface area contributed by atoms with Crippen LogP contribution in [0.3, 0.4) is 0 Å². The van der Waals surface area contributed by atoms with Gasteiger partial charge in [-0.05, 0) is 52.5 Å². The summed E-state index contributed by atoms with van der Waals surface area (Å²) in [4.78, 5) is 9.18. The third kappa shape index (κ3) is 2.41. The number of hydrogen-bond donors (Lipinski definition) is 1. The first kappa shape index (κ1) is 14.0. The number of aromatic nitrogens is 4. The monoisotopic (exact) mass is 285 g/mol. The molecule has 0 spiro atoms. The Labute approximate surface area is 125 Å². The van der Waals surface area contributed by atoms with Crippen LogP contribution in [0.4, 0.5) is 5.95 Å². The SMILES string of the molecule is Cc1nc(NC2CCCc3c2c(C)nn3C)nc(C)c1C. The lowest BCUT2D eigenvalue weighted by Gasteiger charge is -2.25. The molecule has 112 valence electrons. The quantitative estimate of drug-likeness (QED) is 0.921. The molecule has 5 nitrogen and oxygen atoms in total. The molecule has 21 heavy (non-hydrogen) atoms. The molecule has 0 saturated heterocycles. The normalized spacial score (nSPS) is 17.7. The van der Waals surface area contributed by atoms with Gasteiger partial charge in [-0.2, -0.15) is 5.10 Å². The third-order valence-corrected chi connectivity index (χ3v) is 4.58. The van der Waals surface area contributed by atoms with E-state index in [1.165, 1.54) is 23.2 Å². The molecule has 2 heterocycles. The van der Waals surface area contributed by atoms with Crippen molar-refractivity contribution in [3.8, 4) is 0 Å². The molecule has 0 saturated carbocycles. The molecule has 1 aliphatic carbocycles. The molecule has 1 N–H and O–H groups in total. The summed E-state index contributed by atoms with van der Waals surface area (Å²) < 4.78 is 2.02. The van der Waals surface area contributed by atoms with Crippen molar-refractivity contribution in [3.05, 3.63) is 33.9 Å².